The molecule has 0 saturated heterocycles. The number of hydrogen-bond donors (Lipinski definition) is 0. The highest BCUT2D eigenvalue weighted by Crippen LogP contribution is 2.74. The Morgan fingerprint density at radius 1 is 0.789 bits per heavy atom. The van der Waals surface area contributed by atoms with E-state index in [9.17, 15) is 0 Å². The summed E-state index contributed by atoms with van der Waals surface area (Å²) >= 11 is 0. The van der Waals surface area contributed by atoms with Crippen LogP contribution < -0.4 is 0 Å². The van der Waals surface area contributed by atoms with Crippen molar-refractivity contribution < 1.29 is 0 Å². The summed E-state index contributed by atoms with van der Waals surface area (Å²) in [6, 6.07) is 0.729. The summed E-state index contributed by atoms with van der Waals surface area (Å²) < 4.78 is 0. The van der Waals surface area contributed by atoms with E-state index in [1.807, 2.05) is 0 Å². The van der Waals surface area contributed by atoms with Crippen LogP contribution >= 0.6 is 0 Å². The van der Waals surface area contributed by atoms with E-state index in [0.717, 1.165) is 6.04 Å². The molecule has 19 heavy (non-hydrogen) atoms. The predicted molar refractivity (Wildman–Crippen MR) is 82.2 cm³/mol. The van der Waals surface area contributed by atoms with Gasteiger partial charge in [0.15, 0.2) is 0 Å². The zero-order valence-corrected chi connectivity index (χ0v) is 14.0. The Bertz CT molecular complexity index is 330. The number of hydrogen-bond acceptors (Lipinski definition) is 1. The maximum Gasteiger partial charge on any atom is 0.00661 e. The molecule has 4 bridgehead atoms. The summed E-state index contributed by atoms with van der Waals surface area (Å²) in [5.74, 6) is 0. The van der Waals surface area contributed by atoms with Gasteiger partial charge in [0, 0.05) is 6.04 Å². The zero-order chi connectivity index (χ0) is 14.1. The Morgan fingerprint density at radius 3 is 1.47 bits per heavy atom. The molecule has 4 aliphatic carbocycles. The van der Waals surface area contributed by atoms with Gasteiger partial charge in [-0.05, 0) is 87.6 Å². The molecule has 0 heterocycles. The molecule has 1 unspecified atom stereocenters. The number of nitrogens with zero attached hydrogens (tertiary/aromatic N) is 1. The fraction of sp³-hybridized carbons (Fsp3) is 1.00. The van der Waals surface area contributed by atoms with Crippen molar-refractivity contribution >= 4 is 0 Å². The van der Waals surface area contributed by atoms with E-state index < -0.39 is 0 Å². The first-order valence-electron chi connectivity index (χ1n) is 8.23. The Labute approximate surface area is 120 Å². The van der Waals surface area contributed by atoms with Crippen molar-refractivity contribution in [1.82, 2.24) is 4.90 Å². The van der Waals surface area contributed by atoms with Crippen molar-refractivity contribution in [2.24, 2.45) is 21.7 Å². The molecule has 4 aliphatic rings. The molecule has 1 atom stereocenters. The Balaban J connectivity index is 1.91. The lowest BCUT2D eigenvalue weighted by Gasteiger charge is -2.69. The van der Waals surface area contributed by atoms with Crippen molar-refractivity contribution in [1.29, 1.82) is 0 Å². The average Bonchev–Trinajstić information content (AvgIpc) is 2.07. The topological polar surface area (TPSA) is 3.24 Å². The lowest BCUT2D eigenvalue weighted by molar-refractivity contribution is -0.189. The van der Waals surface area contributed by atoms with Crippen LogP contribution in [0.5, 0.6) is 0 Å². The van der Waals surface area contributed by atoms with Crippen LogP contribution in [0.2, 0.25) is 0 Å². The number of rotatable bonds is 3. The molecule has 0 aromatic heterocycles. The summed E-state index contributed by atoms with van der Waals surface area (Å²) in [6.45, 7) is 10.2. The van der Waals surface area contributed by atoms with Gasteiger partial charge in [0.1, 0.15) is 0 Å². The summed E-state index contributed by atoms with van der Waals surface area (Å²) in [4.78, 5) is 2.42. The third-order valence-corrected chi connectivity index (χ3v) is 6.58. The fourth-order valence-corrected chi connectivity index (χ4v) is 7.58. The SMILES string of the molecule is CC(CC12CC3(C)CC(C)(CC(C)(C3)C1)C2)N(C)C. The van der Waals surface area contributed by atoms with E-state index in [4.69, 9.17) is 0 Å². The second-order valence-corrected chi connectivity index (χ2v) is 10.0. The second-order valence-electron chi connectivity index (χ2n) is 10.0. The summed E-state index contributed by atoms with van der Waals surface area (Å²) in [5.41, 5.74) is 2.58. The Hall–Kier alpha value is -0.0400. The molecular weight excluding hydrogens is 230 g/mol. The molecule has 0 N–H and O–H groups in total. The molecule has 0 amide bonds. The van der Waals surface area contributed by atoms with Gasteiger partial charge >= 0.3 is 0 Å². The first-order valence-corrected chi connectivity index (χ1v) is 8.23. The van der Waals surface area contributed by atoms with E-state index in [-0.39, 0.29) is 0 Å². The molecule has 1 nitrogen and oxygen atoms in total. The van der Waals surface area contributed by atoms with Gasteiger partial charge in [-0.15, -0.1) is 0 Å². The van der Waals surface area contributed by atoms with Crippen LogP contribution in [-0.4, -0.2) is 25.0 Å². The Kier molecular flexibility index (Phi) is 2.77. The molecule has 1 heteroatoms. The lowest BCUT2D eigenvalue weighted by Crippen LogP contribution is -2.59. The highest BCUT2D eigenvalue weighted by Gasteiger charge is 2.63. The van der Waals surface area contributed by atoms with Gasteiger partial charge in [-0.3, -0.25) is 0 Å². The van der Waals surface area contributed by atoms with Crippen molar-refractivity contribution in [2.45, 2.75) is 78.7 Å². The molecule has 0 radical (unpaired) electrons. The lowest BCUT2D eigenvalue weighted by atomic mass is 9.36. The third-order valence-electron chi connectivity index (χ3n) is 6.58. The predicted octanol–water partition coefficient (Wildman–Crippen LogP) is 4.71. The van der Waals surface area contributed by atoms with Crippen molar-refractivity contribution in [3.05, 3.63) is 0 Å². The van der Waals surface area contributed by atoms with Crippen LogP contribution in [0, 0.1) is 21.7 Å². The van der Waals surface area contributed by atoms with E-state index >= 15 is 0 Å². The van der Waals surface area contributed by atoms with Crippen LogP contribution in [0.4, 0.5) is 0 Å². The second kappa shape index (κ2) is 3.78. The van der Waals surface area contributed by atoms with Crippen LogP contribution in [0.15, 0.2) is 0 Å². The molecule has 0 spiro atoms. The van der Waals surface area contributed by atoms with Gasteiger partial charge < -0.3 is 4.90 Å². The van der Waals surface area contributed by atoms with Crippen LogP contribution in [0.1, 0.15) is 72.6 Å². The van der Waals surface area contributed by atoms with E-state index in [1.165, 1.54) is 44.9 Å². The molecule has 0 aromatic rings. The minimum absolute atomic E-state index is 0.643. The zero-order valence-electron chi connectivity index (χ0n) is 14.0. The van der Waals surface area contributed by atoms with Crippen molar-refractivity contribution in [3.8, 4) is 0 Å². The van der Waals surface area contributed by atoms with Crippen LogP contribution in [0.25, 0.3) is 0 Å². The largest absolute Gasteiger partial charge is 0.307 e. The highest BCUT2D eigenvalue weighted by molar-refractivity contribution is 5.14. The summed E-state index contributed by atoms with van der Waals surface area (Å²) in [5, 5.41) is 0. The quantitative estimate of drug-likeness (QED) is 0.712. The fourth-order valence-electron chi connectivity index (χ4n) is 7.58. The van der Waals surface area contributed by atoms with Gasteiger partial charge in [-0.25, -0.2) is 0 Å². The molecule has 4 saturated carbocycles. The van der Waals surface area contributed by atoms with Gasteiger partial charge in [-0.2, -0.15) is 0 Å². The summed E-state index contributed by atoms with van der Waals surface area (Å²) in [7, 11) is 4.49. The van der Waals surface area contributed by atoms with Crippen LogP contribution in [-0.2, 0) is 0 Å². The summed E-state index contributed by atoms with van der Waals surface area (Å²) in [6.07, 6.45) is 10.4. The average molecular weight is 263 g/mol. The monoisotopic (exact) mass is 263 g/mol. The van der Waals surface area contributed by atoms with Gasteiger partial charge in [0.05, 0.1) is 0 Å². The normalized spacial score (nSPS) is 53.8. The minimum Gasteiger partial charge on any atom is -0.307 e. The molecular formula is C18H33N. The molecule has 4 fully saturated rings. The highest BCUT2D eigenvalue weighted by atomic mass is 15.1. The third kappa shape index (κ3) is 2.26. The maximum absolute atomic E-state index is 2.59. The first kappa shape index (κ1) is 13.9. The van der Waals surface area contributed by atoms with Gasteiger partial charge in [0.25, 0.3) is 0 Å². The standard InChI is InChI=1S/C18H33N/c1-14(19(5)6)7-18-11-15(2)8-16(3,12-18)10-17(4,9-15)13-18/h14H,7-13H2,1-6H3. The molecule has 0 aromatic carbocycles. The van der Waals surface area contributed by atoms with Gasteiger partial charge in [0.2, 0.25) is 0 Å². The maximum atomic E-state index is 2.59. The smallest absolute Gasteiger partial charge is 0.00661 e. The van der Waals surface area contributed by atoms with Gasteiger partial charge in [-0.1, -0.05) is 20.8 Å². The molecule has 110 valence electrons. The Morgan fingerprint density at radius 2 is 1.16 bits per heavy atom. The minimum atomic E-state index is 0.643. The molecule has 4 rings (SSSR count). The van der Waals surface area contributed by atoms with E-state index in [1.54, 1.807) is 0 Å². The van der Waals surface area contributed by atoms with E-state index in [2.05, 4.69) is 46.7 Å². The first-order chi connectivity index (χ1) is 8.57. The van der Waals surface area contributed by atoms with Crippen molar-refractivity contribution in [3.63, 3.8) is 0 Å². The van der Waals surface area contributed by atoms with Crippen LogP contribution in [0.3, 0.4) is 0 Å². The van der Waals surface area contributed by atoms with E-state index in [0.29, 0.717) is 21.7 Å². The van der Waals surface area contributed by atoms with Crippen molar-refractivity contribution in [2.75, 3.05) is 14.1 Å². The molecule has 0 aliphatic heterocycles.